The van der Waals surface area contributed by atoms with Crippen LogP contribution in [-0.4, -0.2) is 62.9 Å². The molecule has 1 saturated heterocycles. The van der Waals surface area contributed by atoms with E-state index >= 15 is 0 Å². The van der Waals surface area contributed by atoms with Crippen molar-refractivity contribution in [3.05, 3.63) is 0 Å². The predicted octanol–water partition coefficient (Wildman–Crippen LogP) is 1.37. The molecule has 0 aromatic heterocycles. The van der Waals surface area contributed by atoms with Crippen molar-refractivity contribution in [3.8, 4) is 0 Å². The lowest BCUT2D eigenvalue weighted by Crippen LogP contribution is -2.39. The van der Waals surface area contributed by atoms with Crippen LogP contribution >= 0.6 is 0 Å². The highest BCUT2D eigenvalue weighted by Crippen LogP contribution is 2.14. The molecule has 0 bridgehead atoms. The highest BCUT2D eigenvalue weighted by molar-refractivity contribution is 5.77. The number of hydrogen-bond donors (Lipinski definition) is 0. The Morgan fingerprint density at radius 1 is 1.29 bits per heavy atom. The number of nitrogens with zero attached hydrogens (tertiary/aromatic N) is 1. The third-order valence-electron chi connectivity index (χ3n) is 3.42. The zero-order valence-electron chi connectivity index (χ0n) is 13.1. The molecule has 0 saturated carbocycles. The maximum absolute atomic E-state index is 12.2. The fourth-order valence-electron chi connectivity index (χ4n) is 2.24. The van der Waals surface area contributed by atoms with Crippen LogP contribution in [0, 0.1) is 0 Å². The molecule has 0 spiro atoms. The van der Waals surface area contributed by atoms with Gasteiger partial charge in [-0.1, -0.05) is 6.92 Å². The number of carbonyl (C=O) groups is 2. The number of methoxy groups -OCH3 is 1. The molecule has 6 heteroatoms. The van der Waals surface area contributed by atoms with E-state index in [1.807, 2.05) is 6.92 Å². The molecule has 1 amide bonds. The molecule has 1 rings (SSSR count). The molecule has 1 aliphatic heterocycles. The van der Waals surface area contributed by atoms with Crippen molar-refractivity contribution in [1.82, 2.24) is 4.90 Å². The zero-order chi connectivity index (χ0) is 15.5. The maximum Gasteiger partial charge on any atom is 0.307 e. The molecule has 0 aromatic rings. The fourth-order valence-corrected chi connectivity index (χ4v) is 2.24. The molecule has 1 fully saturated rings. The lowest BCUT2D eigenvalue weighted by molar-refractivity contribution is -0.142. The van der Waals surface area contributed by atoms with Crippen LogP contribution in [0.3, 0.4) is 0 Å². The van der Waals surface area contributed by atoms with E-state index in [2.05, 4.69) is 4.74 Å². The smallest absolute Gasteiger partial charge is 0.307 e. The third-order valence-corrected chi connectivity index (χ3v) is 3.42. The number of hydrogen-bond acceptors (Lipinski definition) is 5. The number of rotatable bonds is 10. The zero-order valence-corrected chi connectivity index (χ0v) is 13.1. The average molecular weight is 301 g/mol. The summed E-state index contributed by atoms with van der Waals surface area (Å²) in [5.41, 5.74) is 0. The Kier molecular flexibility index (Phi) is 9.01. The molecule has 1 heterocycles. The van der Waals surface area contributed by atoms with Crippen molar-refractivity contribution in [2.24, 2.45) is 0 Å². The topological polar surface area (TPSA) is 65.1 Å². The van der Waals surface area contributed by atoms with E-state index in [1.54, 1.807) is 4.90 Å². The molecule has 0 aromatic carbocycles. The summed E-state index contributed by atoms with van der Waals surface area (Å²) in [4.78, 5) is 25.2. The Morgan fingerprint density at radius 2 is 2.10 bits per heavy atom. The Balaban J connectivity index is 2.40. The summed E-state index contributed by atoms with van der Waals surface area (Å²) in [6.45, 7) is 4.79. The Morgan fingerprint density at radius 3 is 2.71 bits per heavy atom. The first-order chi connectivity index (χ1) is 10.2. The lowest BCUT2D eigenvalue weighted by Gasteiger charge is -2.25. The van der Waals surface area contributed by atoms with Gasteiger partial charge in [-0.2, -0.15) is 0 Å². The minimum absolute atomic E-state index is 0.00510. The van der Waals surface area contributed by atoms with Crippen molar-refractivity contribution in [2.45, 2.75) is 45.1 Å². The SMILES string of the molecule is CCCOCCC(=O)N(CCC(=O)OC)CC1CCCO1. The standard InChI is InChI=1S/C15H27NO5/c1-3-9-20-11-7-14(17)16(8-6-15(18)19-2)12-13-5-4-10-21-13/h13H,3-12H2,1-2H3. The molecule has 0 aliphatic carbocycles. The Labute approximate surface area is 126 Å². The average Bonchev–Trinajstić information content (AvgIpc) is 3.00. The highest BCUT2D eigenvalue weighted by Gasteiger charge is 2.23. The number of amides is 1. The first-order valence-corrected chi connectivity index (χ1v) is 7.71. The van der Waals surface area contributed by atoms with Crippen molar-refractivity contribution < 1.29 is 23.8 Å². The van der Waals surface area contributed by atoms with Crippen molar-refractivity contribution in [1.29, 1.82) is 0 Å². The number of esters is 1. The summed E-state index contributed by atoms with van der Waals surface area (Å²) in [5.74, 6) is -0.298. The van der Waals surface area contributed by atoms with E-state index in [1.165, 1.54) is 7.11 Å². The van der Waals surface area contributed by atoms with Gasteiger partial charge in [-0.3, -0.25) is 9.59 Å². The summed E-state index contributed by atoms with van der Waals surface area (Å²) >= 11 is 0. The van der Waals surface area contributed by atoms with Crippen LogP contribution in [0.2, 0.25) is 0 Å². The molecule has 0 radical (unpaired) electrons. The van der Waals surface area contributed by atoms with Gasteiger partial charge in [-0.05, 0) is 19.3 Å². The molecule has 1 aliphatic rings. The van der Waals surface area contributed by atoms with Gasteiger partial charge in [0, 0.05) is 26.3 Å². The van der Waals surface area contributed by atoms with Crippen LogP contribution in [0.5, 0.6) is 0 Å². The number of carbonyl (C=O) groups excluding carboxylic acids is 2. The molecule has 1 atom stereocenters. The van der Waals surface area contributed by atoms with Gasteiger partial charge in [0.15, 0.2) is 0 Å². The van der Waals surface area contributed by atoms with Crippen LogP contribution in [0.1, 0.15) is 39.0 Å². The van der Waals surface area contributed by atoms with Crippen LogP contribution in [0.25, 0.3) is 0 Å². The first-order valence-electron chi connectivity index (χ1n) is 7.71. The van der Waals surface area contributed by atoms with E-state index in [9.17, 15) is 9.59 Å². The molecule has 6 nitrogen and oxygen atoms in total. The third kappa shape index (κ3) is 7.43. The van der Waals surface area contributed by atoms with Gasteiger partial charge in [0.2, 0.25) is 5.91 Å². The second-order valence-electron chi connectivity index (χ2n) is 5.16. The van der Waals surface area contributed by atoms with Crippen LogP contribution < -0.4 is 0 Å². The van der Waals surface area contributed by atoms with Gasteiger partial charge in [0.1, 0.15) is 0 Å². The van der Waals surface area contributed by atoms with E-state index in [-0.39, 0.29) is 24.4 Å². The van der Waals surface area contributed by atoms with Gasteiger partial charge < -0.3 is 19.1 Å². The van der Waals surface area contributed by atoms with Gasteiger partial charge in [-0.25, -0.2) is 0 Å². The van der Waals surface area contributed by atoms with Gasteiger partial charge in [-0.15, -0.1) is 0 Å². The maximum atomic E-state index is 12.2. The molecule has 122 valence electrons. The number of ether oxygens (including phenoxy) is 3. The minimum atomic E-state index is -0.303. The molecular weight excluding hydrogens is 274 g/mol. The molecule has 21 heavy (non-hydrogen) atoms. The predicted molar refractivity (Wildman–Crippen MR) is 77.9 cm³/mol. The van der Waals surface area contributed by atoms with Crippen LogP contribution in [0.4, 0.5) is 0 Å². The van der Waals surface area contributed by atoms with E-state index in [0.29, 0.717) is 32.7 Å². The second kappa shape index (κ2) is 10.6. The summed E-state index contributed by atoms with van der Waals surface area (Å²) in [7, 11) is 1.35. The molecule has 0 N–H and O–H groups in total. The normalized spacial score (nSPS) is 17.7. The lowest BCUT2D eigenvalue weighted by atomic mass is 10.2. The van der Waals surface area contributed by atoms with E-state index in [4.69, 9.17) is 9.47 Å². The second-order valence-corrected chi connectivity index (χ2v) is 5.16. The highest BCUT2D eigenvalue weighted by atomic mass is 16.5. The van der Waals surface area contributed by atoms with Gasteiger partial charge >= 0.3 is 5.97 Å². The van der Waals surface area contributed by atoms with Gasteiger partial charge in [0.05, 0.1) is 32.7 Å². The van der Waals surface area contributed by atoms with E-state index in [0.717, 1.165) is 25.9 Å². The van der Waals surface area contributed by atoms with Gasteiger partial charge in [0.25, 0.3) is 0 Å². The summed E-state index contributed by atoms with van der Waals surface area (Å²) < 4.78 is 15.5. The van der Waals surface area contributed by atoms with Crippen molar-refractivity contribution in [3.63, 3.8) is 0 Å². The van der Waals surface area contributed by atoms with Crippen molar-refractivity contribution >= 4 is 11.9 Å². The Bertz CT molecular complexity index is 315. The van der Waals surface area contributed by atoms with Crippen LogP contribution in [0.15, 0.2) is 0 Å². The quantitative estimate of drug-likeness (QED) is 0.450. The summed E-state index contributed by atoms with van der Waals surface area (Å²) in [6, 6.07) is 0. The Hall–Kier alpha value is -1.14. The van der Waals surface area contributed by atoms with Crippen LogP contribution in [-0.2, 0) is 23.8 Å². The van der Waals surface area contributed by atoms with E-state index < -0.39 is 0 Å². The van der Waals surface area contributed by atoms with Crippen molar-refractivity contribution in [2.75, 3.05) is 40.0 Å². The molecular formula is C15H27NO5. The molecule has 1 unspecified atom stereocenters. The fraction of sp³-hybridized carbons (Fsp3) is 0.867. The minimum Gasteiger partial charge on any atom is -0.469 e. The largest absolute Gasteiger partial charge is 0.469 e. The monoisotopic (exact) mass is 301 g/mol. The first kappa shape index (κ1) is 17.9. The summed E-state index contributed by atoms with van der Waals surface area (Å²) in [6.07, 6.45) is 3.58. The summed E-state index contributed by atoms with van der Waals surface area (Å²) in [5, 5.41) is 0.